The molecule has 0 aliphatic heterocycles. The van der Waals surface area contributed by atoms with Gasteiger partial charge in [0.2, 0.25) is 5.91 Å². The zero-order valence-corrected chi connectivity index (χ0v) is 15.2. The van der Waals surface area contributed by atoms with Crippen LogP contribution in [0.5, 0.6) is 0 Å². The van der Waals surface area contributed by atoms with E-state index in [2.05, 4.69) is 5.32 Å². The Morgan fingerprint density at radius 1 is 1.17 bits per heavy atom. The number of halogens is 1. The average Bonchev–Trinajstić information content (AvgIpc) is 2.47. The Balaban J connectivity index is 0.00000264. The van der Waals surface area contributed by atoms with Crippen LogP contribution in [0.4, 0.5) is 0 Å². The van der Waals surface area contributed by atoms with Crippen molar-refractivity contribution < 1.29 is 13.2 Å². The van der Waals surface area contributed by atoms with Crippen molar-refractivity contribution in [1.82, 2.24) is 5.32 Å². The standard InChI is InChI=1S/C16H24N2O3S.ClH/c1-12(13-6-8-14(9-7-13)22(2,20)21)18-15(19)16(17)10-4-3-5-11-16;/h6-9,12H,3-5,10-11,17H2,1-2H3,(H,18,19);1H. The van der Waals surface area contributed by atoms with Gasteiger partial charge in [-0.1, -0.05) is 31.4 Å². The molecule has 1 unspecified atom stereocenters. The van der Waals surface area contributed by atoms with Gasteiger partial charge in [-0.25, -0.2) is 8.42 Å². The van der Waals surface area contributed by atoms with E-state index in [4.69, 9.17) is 5.73 Å². The minimum atomic E-state index is -3.20. The van der Waals surface area contributed by atoms with Crippen LogP contribution in [0.2, 0.25) is 0 Å². The summed E-state index contributed by atoms with van der Waals surface area (Å²) in [6.45, 7) is 1.87. The van der Waals surface area contributed by atoms with Crippen LogP contribution < -0.4 is 11.1 Å². The summed E-state index contributed by atoms with van der Waals surface area (Å²) in [5.41, 5.74) is 6.32. The molecule has 0 spiro atoms. The second kappa shape index (κ2) is 7.64. The predicted octanol–water partition coefficient (Wildman–Crippen LogP) is 2.35. The summed E-state index contributed by atoms with van der Waals surface area (Å²) in [6.07, 6.45) is 5.73. The third kappa shape index (κ3) is 4.93. The van der Waals surface area contributed by atoms with E-state index in [1.54, 1.807) is 24.3 Å². The van der Waals surface area contributed by atoms with Crippen LogP contribution in [0.3, 0.4) is 0 Å². The normalized spacial score (nSPS) is 18.6. The largest absolute Gasteiger partial charge is 0.348 e. The molecule has 1 aliphatic carbocycles. The van der Waals surface area contributed by atoms with Gasteiger partial charge in [0.05, 0.1) is 16.5 Å². The predicted molar refractivity (Wildman–Crippen MR) is 93.4 cm³/mol. The van der Waals surface area contributed by atoms with Crippen molar-refractivity contribution in [3.05, 3.63) is 29.8 Å². The summed E-state index contributed by atoms with van der Waals surface area (Å²) < 4.78 is 22.9. The van der Waals surface area contributed by atoms with Crippen LogP contribution in [0.15, 0.2) is 29.2 Å². The SMILES string of the molecule is CC(NC(=O)C1(N)CCCCC1)c1ccc(S(C)(=O)=O)cc1.Cl. The third-order valence-corrected chi connectivity index (χ3v) is 5.48. The number of carbonyl (C=O) groups excluding carboxylic acids is 1. The highest BCUT2D eigenvalue weighted by atomic mass is 35.5. The van der Waals surface area contributed by atoms with Gasteiger partial charge in [-0.05, 0) is 37.5 Å². The Labute approximate surface area is 144 Å². The van der Waals surface area contributed by atoms with Gasteiger partial charge >= 0.3 is 0 Å². The van der Waals surface area contributed by atoms with Crippen LogP contribution in [0, 0.1) is 0 Å². The Morgan fingerprint density at radius 3 is 2.17 bits per heavy atom. The van der Waals surface area contributed by atoms with E-state index in [0.29, 0.717) is 0 Å². The first-order valence-corrected chi connectivity index (χ1v) is 9.51. The van der Waals surface area contributed by atoms with Crippen LogP contribution >= 0.6 is 12.4 Å². The fourth-order valence-corrected chi connectivity index (χ4v) is 3.47. The number of hydrogen-bond donors (Lipinski definition) is 2. The number of benzene rings is 1. The lowest BCUT2D eigenvalue weighted by molar-refractivity contribution is -0.128. The lowest BCUT2D eigenvalue weighted by Crippen LogP contribution is -2.55. The molecule has 2 rings (SSSR count). The molecule has 1 amide bonds. The first-order valence-electron chi connectivity index (χ1n) is 7.62. The van der Waals surface area contributed by atoms with Gasteiger partial charge < -0.3 is 11.1 Å². The van der Waals surface area contributed by atoms with Gasteiger partial charge in [0, 0.05) is 6.26 Å². The van der Waals surface area contributed by atoms with Gasteiger partial charge in [0.25, 0.3) is 0 Å². The molecule has 0 heterocycles. The number of nitrogens with two attached hydrogens (primary N) is 1. The third-order valence-electron chi connectivity index (χ3n) is 4.35. The first-order chi connectivity index (χ1) is 10.2. The Hall–Kier alpha value is -1.11. The fourth-order valence-electron chi connectivity index (χ4n) is 2.84. The Bertz CT molecular complexity index is 638. The minimum absolute atomic E-state index is 0. The van der Waals surface area contributed by atoms with Crippen molar-refractivity contribution in [3.63, 3.8) is 0 Å². The second-order valence-corrected chi connectivity index (χ2v) is 8.27. The van der Waals surface area contributed by atoms with Crippen molar-refractivity contribution in [2.45, 2.75) is 55.5 Å². The smallest absolute Gasteiger partial charge is 0.240 e. The molecule has 0 radical (unpaired) electrons. The number of rotatable bonds is 4. The summed E-state index contributed by atoms with van der Waals surface area (Å²) in [5.74, 6) is -0.119. The Morgan fingerprint density at radius 2 is 1.70 bits per heavy atom. The van der Waals surface area contributed by atoms with Gasteiger partial charge in [-0.3, -0.25) is 4.79 Å². The van der Waals surface area contributed by atoms with E-state index in [0.717, 1.165) is 37.7 Å². The second-order valence-electron chi connectivity index (χ2n) is 6.25. The summed E-state index contributed by atoms with van der Waals surface area (Å²) in [5, 5.41) is 2.95. The highest BCUT2D eigenvalue weighted by Gasteiger charge is 2.35. The number of sulfone groups is 1. The topological polar surface area (TPSA) is 89.3 Å². The molecule has 0 aromatic heterocycles. The summed E-state index contributed by atoms with van der Waals surface area (Å²) in [6, 6.07) is 6.37. The maximum atomic E-state index is 12.4. The molecule has 7 heteroatoms. The van der Waals surface area contributed by atoms with Gasteiger partial charge in [-0.15, -0.1) is 12.4 Å². The zero-order chi connectivity index (χ0) is 16.4. The molecular formula is C16H25ClN2O3S. The average molecular weight is 361 g/mol. The van der Waals surface area contributed by atoms with Crippen molar-refractivity contribution in [3.8, 4) is 0 Å². The Kier molecular flexibility index (Phi) is 6.62. The first kappa shape index (κ1) is 19.9. The quantitative estimate of drug-likeness (QED) is 0.862. The lowest BCUT2D eigenvalue weighted by atomic mass is 9.81. The van der Waals surface area contributed by atoms with Crippen LogP contribution in [-0.4, -0.2) is 26.1 Å². The van der Waals surface area contributed by atoms with Crippen molar-refractivity contribution in [1.29, 1.82) is 0 Å². The van der Waals surface area contributed by atoms with Gasteiger partial charge in [0.1, 0.15) is 0 Å². The minimum Gasteiger partial charge on any atom is -0.348 e. The molecule has 0 bridgehead atoms. The number of carbonyl (C=O) groups is 1. The van der Waals surface area contributed by atoms with Gasteiger partial charge in [0.15, 0.2) is 9.84 Å². The summed E-state index contributed by atoms with van der Waals surface area (Å²) >= 11 is 0. The highest BCUT2D eigenvalue weighted by molar-refractivity contribution is 7.90. The van der Waals surface area contributed by atoms with E-state index in [1.165, 1.54) is 6.26 Å². The molecule has 1 aromatic carbocycles. The number of amides is 1. The molecule has 1 aliphatic rings. The van der Waals surface area contributed by atoms with Crippen molar-refractivity contribution in [2.75, 3.05) is 6.26 Å². The molecule has 1 fully saturated rings. The molecule has 0 saturated heterocycles. The van der Waals surface area contributed by atoms with Crippen LogP contribution in [0.1, 0.15) is 50.6 Å². The zero-order valence-electron chi connectivity index (χ0n) is 13.5. The van der Waals surface area contributed by atoms with E-state index < -0.39 is 15.4 Å². The summed E-state index contributed by atoms with van der Waals surface area (Å²) in [7, 11) is -3.20. The van der Waals surface area contributed by atoms with Crippen molar-refractivity contribution in [2.24, 2.45) is 5.73 Å². The highest BCUT2D eigenvalue weighted by Crippen LogP contribution is 2.27. The van der Waals surface area contributed by atoms with Crippen LogP contribution in [0.25, 0.3) is 0 Å². The van der Waals surface area contributed by atoms with E-state index in [1.807, 2.05) is 6.92 Å². The van der Waals surface area contributed by atoms with E-state index >= 15 is 0 Å². The lowest BCUT2D eigenvalue weighted by Gasteiger charge is -2.33. The molecule has 130 valence electrons. The maximum absolute atomic E-state index is 12.4. The van der Waals surface area contributed by atoms with Gasteiger partial charge in [-0.2, -0.15) is 0 Å². The fraction of sp³-hybridized carbons (Fsp3) is 0.562. The molecule has 1 aromatic rings. The molecule has 1 saturated carbocycles. The van der Waals surface area contributed by atoms with E-state index in [-0.39, 0.29) is 29.3 Å². The monoisotopic (exact) mass is 360 g/mol. The molecule has 1 atom stereocenters. The number of nitrogens with one attached hydrogen (secondary N) is 1. The van der Waals surface area contributed by atoms with Crippen LogP contribution in [-0.2, 0) is 14.6 Å². The summed E-state index contributed by atoms with van der Waals surface area (Å²) in [4.78, 5) is 12.7. The molecule has 3 N–H and O–H groups in total. The molecular weight excluding hydrogens is 336 g/mol. The van der Waals surface area contributed by atoms with Crippen molar-refractivity contribution >= 4 is 28.2 Å². The molecule has 5 nitrogen and oxygen atoms in total. The maximum Gasteiger partial charge on any atom is 0.240 e. The van der Waals surface area contributed by atoms with E-state index in [9.17, 15) is 13.2 Å². The number of hydrogen-bond acceptors (Lipinski definition) is 4. The molecule has 23 heavy (non-hydrogen) atoms.